The average molecular weight is 377 g/mol. The predicted octanol–water partition coefficient (Wildman–Crippen LogP) is 3.56. The Morgan fingerprint density at radius 1 is 1.00 bits per heavy atom. The maximum Gasteiger partial charge on any atom is 0.189 e. The highest BCUT2D eigenvalue weighted by molar-refractivity contribution is 7.80. The monoisotopic (exact) mass is 376 g/mol. The molecule has 0 radical (unpaired) electrons. The van der Waals surface area contributed by atoms with Crippen LogP contribution in [0.2, 0.25) is 0 Å². The highest BCUT2D eigenvalue weighted by Gasteiger charge is 2.06. The van der Waals surface area contributed by atoms with E-state index in [1.807, 2.05) is 19.1 Å². The van der Waals surface area contributed by atoms with E-state index >= 15 is 0 Å². The summed E-state index contributed by atoms with van der Waals surface area (Å²) >= 11 is 10.5. The summed E-state index contributed by atoms with van der Waals surface area (Å²) in [4.78, 5) is 0. The van der Waals surface area contributed by atoms with Gasteiger partial charge in [0, 0.05) is 12.2 Å². The lowest BCUT2D eigenvalue weighted by Crippen LogP contribution is -2.48. The Morgan fingerprint density at radius 3 is 2.36 bits per heavy atom. The quantitative estimate of drug-likeness (QED) is 0.484. The smallest absolute Gasteiger partial charge is 0.189 e. The standard InChI is InChI=1S/C18H21FN4S2/c1-3-14-6-4-5-12(2)16(14)21-18(25)23-22-17(24)20-11-13-7-9-15(19)10-8-13/h4-10H,3,11H2,1-2H3,(H2,20,22,24)(H2,21,23,25). The van der Waals surface area contributed by atoms with Crippen molar-refractivity contribution < 1.29 is 4.39 Å². The minimum atomic E-state index is -0.259. The van der Waals surface area contributed by atoms with E-state index in [-0.39, 0.29) is 5.82 Å². The number of hydrazine groups is 1. The largest absolute Gasteiger partial charge is 0.357 e. The maximum atomic E-state index is 12.9. The Labute approximate surface area is 158 Å². The first-order valence-electron chi connectivity index (χ1n) is 7.93. The fourth-order valence-electron chi connectivity index (χ4n) is 2.29. The summed E-state index contributed by atoms with van der Waals surface area (Å²) in [5.41, 5.74) is 9.95. The van der Waals surface area contributed by atoms with Crippen molar-refractivity contribution in [1.29, 1.82) is 0 Å². The zero-order valence-corrected chi connectivity index (χ0v) is 15.8. The van der Waals surface area contributed by atoms with Crippen molar-refractivity contribution in [2.24, 2.45) is 0 Å². The molecule has 0 saturated carbocycles. The lowest BCUT2D eigenvalue weighted by Gasteiger charge is -2.17. The molecule has 2 rings (SSSR count). The molecule has 0 amide bonds. The van der Waals surface area contributed by atoms with Gasteiger partial charge >= 0.3 is 0 Å². The predicted molar refractivity (Wildman–Crippen MR) is 109 cm³/mol. The second-order valence-electron chi connectivity index (χ2n) is 5.48. The van der Waals surface area contributed by atoms with Crippen molar-refractivity contribution in [2.75, 3.05) is 5.32 Å². The first-order chi connectivity index (χ1) is 12.0. The van der Waals surface area contributed by atoms with Gasteiger partial charge in [0.25, 0.3) is 0 Å². The molecule has 2 aromatic carbocycles. The van der Waals surface area contributed by atoms with Crippen molar-refractivity contribution in [3.63, 3.8) is 0 Å². The first kappa shape index (κ1) is 19.1. The Bertz CT molecular complexity index is 747. The molecule has 0 atom stereocenters. The molecule has 7 heteroatoms. The minimum Gasteiger partial charge on any atom is -0.357 e. The number of aryl methyl sites for hydroxylation is 2. The van der Waals surface area contributed by atoms with Crippen molar-refractivity contribution in [2.45, 2.75) is 26.8 Å². The molecule has 0 aromatic heterocycles. The van der Waals surface area contributed by atoms with Crippen LogP contribution in [0.15, 0.2) is 42.5 Å². The Kier molecular flexibility index (Phi) is 7.09. The number of anilines is 1. The van der Waals surface area contributed by atoms with Gasteiger partial charge in [-0.15, -0.1) is 0 Å². The summed E-state index contributed by atoms with van der Waals surface area (Å²) in [6, 6.07) is 12.4. The normalized spacial score (nSPS) is 10.0. The van der Waals surface area contributed by atoms with E-state index < -0.39 is 0 Å². The van der Waals surface area contributed by atoms with Crippen LogP contribution in [0.1, 0.15) is 23.6 Å². The number of thiocarbonyl (C=S) groups is 2. The van der Waals surface area contributed by atoms with Crippen LogP contribution in [0.25, 0.3) is 0 Å². The summed E-state index contributed by atoms with van der Waals surface area (Å²) in [5.74, 6) is -0.259. The SMILES string of the molecule is CCc1cccc(C)c1NC(=S)NNC(=S)NCc1ccc(F)cc1. The van der Waals surface area contributed by atoms with E-state index in [2.05, 4.69) is 34.5 Å². The van der Waals surface area contributed by atoms with Crippen LogP contribution in [0.5, 0.6) is 0 Å². The summed E-state index contributed by atoms with van der Waals surface area (Å²) in [6.07, 6.45) is 0.914. The molecule has 0 heterocycles. The molecular formula is C18H21FN4S2. The van der Waals surface area contributed by atoms with Crippen molar-refractivity contribution in [3.05, 3.63) is 65.0 Å². The second kappa shape index (κ2) is 9.29. The molecule has 4 N–H and O–H groups in total. The van der Waals surface area contributed by atoms with E-state index in [1.165, 1.54) is 17.7 Å². The average Bonchev–Trinajstić information content (AvgIpc) is 2.61. The van der Waals surface area contributed by atoms with Gasteiger partial charge in [0.2, 0.25) is 0 Å². The zero-order chi connectivity index (χ0) is 18.2. The van der Waals surface area contributed by atoms with E-state index in [9.17, 15) is 4.39 Å². The molecule has 25 heavy (non-hydrogen) atoms. The number of nitrogens with one attached hydrogen (secondary N) is 4. The third-order valence-electron chi connectivity index (χ3n) is 3.63. The third kappa shape index (κ3) is 5.95. The summed E-state index contributed by atoms with van der Waals surface area (Å²) in [7, 11) is 0. The second-order valence-corrected chi connectivity index (χ2v) is 6.29. The molecule has 132 valence electrons. The molecule has 2 aromatic rings. The zero-order valence-electron chi connectivity index (χ0n) is 14.2. The lowest BCUT2D eigenvalue weighted by molar-refractivity contribution is 0.626. The van der Waals surface area contributed by atoms with Crippen LogP contribution in [0.3, 0.4) is 0 Å². The van der Waals surface area contributed by atoms with Gasteiger partial charge in [0.1, 0.15) is 5.82 Å². The van der Waals surface area contributed by atoms with Crippen LogP contribution < -0.4 is 21.5 Å². The number of para-hydroxylation sites is 1. The molecule has 0 fully saturated rings. The Hall–Kier alpha value is -2.25. The maximum absolute atomic E-state index is 12.9. The van der Waals surface area contributed by atoms with Gasteiger partial charge in [-0.2, -0.15) is 0 Å². The van der Waals surface area contributed by atoms with Crippen LogP contribution >= 0.6 is 24.4 Å². The minimum absolute atomic E-state index is 0.259. The fraction of sp³-hybridized carbons (Fsp3) is 0.222. The molecule has 0 saturated heterocycles. The highest BCUT2D eigenvalue weighted by Crippen LogP contribution is 2.20. The summed E-state index contributed by atoms with van der Waals surface area (Å²) in [6.45, 7) is 4.63. The summed E-state index contributed by atoms with van der Waals surface area (Å²) < 4.78 is 12.9. The summed E-state index contributed by atoms with van der Waals surface area (Å²) in [5, 5.41) is 7.04. The lowest BCUT2D eigenvalue weighted by atomic mass is 10.1. The fourth-order valence-corrected chi connectivity index (χ4v) is 2.57. The van der Waals surface area contributed by atoms with Gasteiger partial charge in [-0.25, -0.2) is 4.39 Å². The molecule has 0 aliphatic heterocycles. The molecule has 0 bridgehead atoms. The van der Waals surface area contributed by atoms with Crippen molar-refractivity contribution in [3.8, 4) is 0 Å². The van der Waals surface area contributed by atoms with Gasteiger partial charge in [0.15, 0.2) is 10.2 Å². The molecular weight excluding hydrogens is 355 g/mol. The number of hydrogen-bond acceptors (Lipinski definition) is 2. The van der Waals surface area contributed by atoms with E-state index in [1.54, 1.807) is 12.1 Å². The van der Waals surface area contributed by atoms with E-state index in [0.29, 0.717) is 16.8 Å². The molecule has 4 nitrogen and oxygen atoms in total. The Balaban J connectivity index is 1.80. The van der Waals surface area contributed by atoms with E-state index in [0.717, 1.165) is 23.2 Å². The van der Waals surface area contributed by atoms with Crippen molar-refractivity contribution >= 4 is 40.3 Å². The Morgan fingerprint density at radius 2 is 1.68 bits per heavy atom. The number of benzene rings is 2. The molecule has 0 spiro atoms. The van der Waals surface area contributed by atoms with Crippen LogP contribution in [-0.2, 0) is 13.0 Å². The highest BCUT2D eigenvalue weighted by atomic mass is 32.1. The first-order valence-corrected chi connectivity index (χ1v) is 8.75. The van der Waals surface area contributed by atoms with Crippen LogP contribution in [0, 0.1) is 12.7 Å². The molecule has 0 aliphatic carbocycles. The van der Waals surface area contributed by atoms with Gasteiger partial charge in [-0.1, -0.05) is 37.3 Å². The van der Waals surface area contributed by atoms with Gasteiger partial charge in [0.05, 0.1) is 0 Å². The third-order valence-corrected chi connectivity index (χ3v) is 4.08. The molecule has 0 unspecified atom stereocenters. The van der Waals surface area contributed by atoms with Gasteiger partial charge in [-0.05, 0) is 66.6 Å². The number of halogens is 1. The van der Waals surface area contributed by atoms with Crippen molar-refractivity contribution in [1.82, 2.24) is 16.2 Å². The van der Waals surface area contributed by atoms with E-state index in [4.69, 9.17) is 24.4 Å². The number of hydrogen-bond donors (Lipinski definition) is 4. The number of rotatable bonds is 4. The van der Waals surface area contributed by atoms with Crippen LogP contribution in [-0.4, -0.2) is 10.2 Å². The topological polar surface area (TPSA) is 48.1 Å². The van der Waals surface area contributed by atoms with Gasteiger partial charge < -0.3 is 10.6 Å². The molecule has 0 aliphatic rings. The van der Waals surface area contributed by atoms with Crippen LogP contribution in [0.4, 0.5) is 10.1 Å². The van der Waals surface area contributed by atoms with Gasteiger partial charge in [-0.3, -0.25) is 10.9 Å².